The standard InChI is InChI=1S/C19H27NO4/c1-13-6-9-17(11-14(13)2)24-10-4-5-18(21)20(16-7-8-16)12-15(3)19(22)23/h6,9,11,15-16H,4-5,7-8,10,12H2,1-3H3,(H,22,23). The average Bonchev–Trinajstić information content (AvgIpc) is 3.36. The van der Waals surface area contributed by atoms with Gasteiger partial charge in [0.15, 0.2) is 0 Å². The largest absolute Gasteiger partial charge is 0.494 e. The van der Waals surface area contributed by atoms with E-state index in [1.54, 1.807) is 11.8 Å². The van der Waals surface area contributed by atoms with Crippen molar-refractivity contribution in [3.05, 3.63) is 29.3 Å². The first-order valence-electron chi connectivity index (χ1n) is 8.61. The quantitative estimate of drug-likeness (QED) is 0.705. The van der Waals surface area contributed by atoms with E-state index in [1.807, 2.05) is 25.1 Å². The highest BCUT2D eigenvalue weighted by atomic mass is 16.5. The Kier molecular flexibility index (Phi) is 6.23. The number of hydrogen-bond donors (Lipinski definition) is 1. The van der Waals surface area contributed by atoms with Crippen LogP contribution in [0.1, 0.15) is 43.7 Å². The topological polar surface area (TPSA) is 66.8 Å². The molecule has 5 nitrogen and oxygen atoms in total. The van der Waals surface area contributed by atoms with E-state index in [-0.39, 0.29) is 11.9 Å². The number of benzene rings is 1. The maximum Gasteiger partial charge on any atom is 0.308 e. The Bertz CT molecular complexity index is 595. The van der Waals surface area contributed by atoms with Crippen molar-refractivity contribution in [2.45, 2.75) is 52.5 Å². The highest BCUT2D eigenvalue weighted by Crippen LogP contribution is 2.28. The highest BCUT2D eigenvalue weighted by molar-refractivity contribution is 5.78. The van der Waals surface area contributed by atoms with Crippen LogP contribution in [0.2, 0.25) is 0 Å². The summed E-state index contributed by atoms with van der Waals surface area (Å²) in [4.78, 5) is 25.1. The summed E-state index contributed by atoms with van der Waals surface area (Å²) in [7, 11) is 0. The molecule has 1 fully saturated rings. The molecule has 0 aliphatic heterocycles. The summed E-state index contributed by atoms with van der Waals surface area (Å²) in [6.07, 6.45) is 3.00. The predicted molar refractivity (Wildman–Crippen MR) is 92.2 cm³/mol. The zero-order chi connectivity index (χ0) is 17.7. The van der Waals surface area contributed by atoms with Crippen LogP contribution in [0.25, 0.3) is 0 Å². The molecule has 0 heterocycles. The van der Waals surface area contributed by atoms with E-state index in [0.29, 0.717) is 26.0 Å². The van der Waals surface area contributed by atoms with Gasteiger partial charge in [0.25, 0.3) is 0 Å². The third kappa shape index (κ3) is 5.25. The van der Waals surface area contributed by atoms with Crippen LogP contribution in [0.15, 0.2) is 18.2 Å². The number of amides is 1. The first-order chi connectivity index (χ1) is 11.4. The molecule has 0 spiro atoms. The molecule has 0 bridgehead atoms. The fraction of sp³-hybridized carbons (Fsp3) is 0.579. The zero-order valence-corrected chi connectivity index (χ0v) is 14.7. The molecule has 2 rings (SSSR count). The third-order valence-electron chi connectivity index (χ3n) is 4.48. The Morgan fingerprint density at radius 3 is 2.58 bits per heavy atom. The number of carboxylic acids is 1. The zero-order valence-electron chi connectivity index (χ0n) is 14.7. The summed E-state index contributed by atoms with van der Waals surface area (Å²) in [5.41, 5.74) is 2.41. The number of carboxylic acid groups (broad SMARTS) is 1. The number of carbonyl (C=O) groups excluding carboxylic acids is 1. The number of hydrogen-bond acceptors (Lipinski definition) is 3. The number of carbonyl (C=O) groups is 2. The van der Waals surface area contributed by atoms with Gasteiger partial charge in [-0.25, -0.2) is 0 Å². The molecule has 1 aliphatic carbocycles. The summed E-state index contributed by atoms with van der Waals surface area (Å²) in [6.45, 7) is 6.54. The van der Waals surface area contributed by atoms with Crippen LogP contribution in [-0.4, -0.2) is 41.1 Å². The lowest BCUT2D eigenvalue weighted by Gasteiger charge is -2.24. The van der Waals surface area contributed by atoms with Gasteiger partial charge in [0.1, 0.15) is 5.75 Å². The van der Waals surface area contributed by atoms with Crippen molar-refractivity contribution in [1.29, 1.82) is 0 Å². The van der Waals surface area contributed by atoms with Crippen LogP contribution < -0.4 is 4.74 Å². The van der Waals surface area contributed by atoms with Gasteiger partial charge in [-0.3, -0.25) is 9.59 Å². The lowest BCUT2D eigenvalue weighted by molar-refractivity contribution is -0.143. The molecule has 132 valence electrons. The first kappa shape index (κ1) is 18.3. The lowest BCUT2D eigenvalue weighted by Crippen LogP contribution is -2.38. The van der Waals surface area contributed by atoms with Crippen molar-refractivity contribution in [1.82, 2.24) is 4.90 Å². The van der Waals surface area contributed by atoms with Gasteiger partial charge in [-0.2, -0.15) is 0 Å². The number of aryl methyl sites for hydroxylation is 2. The van der Waals surface area contributed by atoms with Gasteiger partial charge in [0.2, 0.25) is 5.91 Å². The van der Waals surface area contributed by atoms with E-state index in [1.165, 1.54) is 11.1 Å². The summed E-state index contributed by atoms with van der Waals surface area (Å²) in [5.74, 6) is -0.522. The van der Waals surface area contributed by atoms with Crippen LogP contribution in [-0.2, 0) is 9.59 Å². The molecule has 5 heteroatoms. The second kappa shape index (κ2) is 8.18. The Labute approximate surface area is 143 Å². The number of aliphatic carboxylic acids is 1. The Balaban J connectivity index is 1.76. The molecule has 1 unspecified atom stereocenters. The molecular weight excluding hydrogens is 306 g/mol. The van der Waals surface area contributed by atoms with Gasteiger partial charge in [0, 0.05) is 19.0 Å². The highest BCUT2D eigenvalue weighted by Gasteiger charge is 2.34. The Morgan fingerprint density at radius 1 is 1.29 bits per heavy atom. The van der Waals surface area contributed by atoms with Crippen molar-refractivity contribution in [3.8, 4) is 5.75 Å². The minimum absolute atomic E-state index is 0.0364. The third-order valence-corrected chi connectivity index (χ3v) is 4.48. The van der Waals surface area contributed by atoms with E-state index in [4.69, 9.17) is 9.84 Å². The monoisotopic (exact) mass is 333 g/mol. The van der Waals surface area contributed by atoms with E-state index in [2.05, 4.69) is 6.92 Å². The summed E-state index contributed by atoms with van der Waals surface area (Å²) in [5, 5.41) is 9.04. The molecule has 0 saturated heterocycles. The SMILES string of the molecule is Cc1ccc(OCCCC(=O)N(CC(C)C(=O)O)C2CC2)cc1C. The molecule has 0 radical (unpaired) electrons. The smallest absolute Gasteiger partial charge is 0.308 e. The maximum atomic E-state index is 12.4. The Hall–Kier alpha value is -2.04. The van der Waals surface area contributed by atoms with Crippen molar-refractivity contribution in [2.24, 2.45) is 5.92 Å². The second-order valence-electron chi connectivity index (χ2n) is 6.71. The van der Waals surface area contributed by atoms with E-state index < -0.39 is 11.9 Å². The fourth-order valence-electron chi connectivity index (χ4n) is 2.57. The van der Waals surface area contributed by atoms with Gasteiger partial charge in [-0.15, -0.1) is 0 Å². The van der Waals surface area contributed by atoms with Crippen LogP contribution in [0.5, 0.6) is 5.75 Å². The molecule has 1 aliphatic rings. The molecule has 1 N–H and O–H groups in total. The lowest BCUT2D eigenvalue weighted by atomic mass is 10.1. The summed E-state index contributed by atoms with van der Waals surface area (Å²) in [6, 6.07) is 6.20. The van der Waals surface area contributed by atoms with Crippen molar-refractivity contribution >= 4 is 11.9 Å². The van der Waals surface area contributed by atoms with Crippen LogP contribution in [0, 0.1) is 19.8 Å². The molecule has 1 saturated carbocycles. The van der Waals surface area contributed by atoms with Gasteiger partial charge in [0.05, 0.1) is 12.5 Å². The second-order valence-corrected chi connectivity index (χ2v) is 6.71. The first-order valence-corrected chi connectivity index (χ1v) is 8.61. The predicted octanol–water partition coefficient (Wildman–Crippen LogP) is 3.17. The maximum absolute atomic E-state index is 12.4. The van der Waals surface area contributed by atoms with Crippen molar-refractivity contribution < 1.29 is 19.4 Å². The fourth-order valence-corrected chi connectivity index (χ4v) is 2.57. The van der Waals surface area contributed by atoms with Crippen molar-refractivity contribution in [3.63, 3.8) is 0 Å². The van der Waals surface area contributed by atoms with E-state index >= 15 is 0 Å². The average molecular weight is 333 g/mol. The number of ether oxygens (including phenoxy) is 1. The molecular formula is C19H27NO4. The van der Waals surface area contributed by atoms with Gasteiger partial charge in [-0.1, -0.05) is 13.0 Å². The van der Waals surface area contributed by atoms with Crippen LogP contribution >= 0.6 is 0 Å². The molecule has 1 aromatic rings. The molecule has 1 aromatic carbocycles. The van der Waals surface area contributed by atoms with Crippen LogP contribution in [0.3, 0.4) is 0 Å². The van der Waals surface area contributed by atoms with E-state index in [0.717, 1.165) is 18.6 Å². The van der Waals surface area contributed by atoms with Gasteiger partial charge in [-0.05, 0) is 56.4 Å². The normalized spacial score (nSPS) is 15.0. The number of nitrogens with zero attached hydrogens (tertiary/aromatic N) is 1. The summed E-state index contributed by atoms with van der Waals surface area (Å²) >= 11 is 0. The van der Waals surface area contributed by atoms with Gasteiger partial charge < -0.3 is 14.7 Å². The van der Waals surface area contributed by atoms with Crippen LogP contribution in [0.4, 0.5) is 0 Å². The minimum Gasteiger partial charge on any atom is -0.494 e. The molecule has 1 atom stereocenters. The Morgan fingerprint density at radius 2 is 2.00 bits per heavy atom. The van der Waals surface area contributed by atoms with E-state index in [9.17, 15) is 9.59 Å². The molecule has 24 heavy (non-hydrogen) atoms. The molecule has 0 aromatic heterocycles. The molecule has 1 amide bonds. The number of rotatable bonds is 9. The minimum atomic E-state index is -0.855. The van der Waals surface area contributed by atoms with Gasteiger partial charge >= 0.3 is 5.97 Å². The summed E-state index contributed by atoms with van der Waals surface area (Å²) < 4.78 is 5.70. The van der Waals surface area contributed by atoms with Crippen molar-refractivity contribution in [2.75, 3.05) is 13.2 Å².